The van der Waals surface area contributed by atoms with Gasteiger partial charge in [-0.05, 0) is 45.4 Å². The van der Waals surface area contributed by atoms with Crippen LogP contribution in [0.15, 0.2) is 4.52 Å². The highest BCUT2D eigenvalue weighted by Gasteiger charge is 2.38. The van der Waals surface area contributed by atoms with E-state index in [1.807, 2.05) is 6.92 Å². The zero-order valence-electron chi connectivity index (χ0n) is 14.9. The first-order valence-corrected chi connectivity index (χ1v) is 9.73. The van der Waals surface area contributed by atoms with Crippen LogP contribution >= 0.6 is 0 Å². The maximum absolute atomic E-state index is 12.4. The molecule has 3 fully saturated rings. The standard InChI is InChI=1S/C18H28N4O3/c1-11(17-21-16(22-25-17)12-5-2-3-6-12)19-18(23)20-14-7-4-8-15-13(14)9-10-24-15/h11-15H,2-10H2,1H3,(H2,19,20,23). The van der Waals surface area contributed by atoms with Crippen LogP contribution in [0.5, 0.6) is 0 Å². The fourth-order valence-corrected chi connectivity index (χ4v) is 4.60. The van der Waals surface area contributed by atoms with E-state index in [1.54, 1.807) is 0 Å². The second-order valence-electron chi connectivity index (χ2n) is 7.71. The lowest BCUT2D eigenvalue weighted by Crippen LogP contribution is -2.49. The number of amides is 2. The minimum atomic E-state index is -0.290. The monoisotopic (exact) mass is 348 g/mol. The first kappa shape index (κ1) is 16.8. The molecule has 1 aromatic heterocycles. The molecule has 2 aliphatic carbocycles. The first-order valence-electron chi connectivity index (χ1n) is 9.73. The normalized spacial score (nSPS) is 30.8. The Morgan fingerprint density at radius 3 is 2.84 bits per heavy atom. The van der Waals surface area contributed by atoms with Crippen molar-refractivity contribution in [3.8, 4) is 0 Å². The Hall–Kier alpha value is -1.63. The van der Waals surface area contributed by atoms with Crippen LogP contribution in [0.4, 0.5) is 4.79 Å². The number of nitrogens with one attached hydrogen (secondary N) is 2. The van der Waals surface area contributed by atoms with Crippen LogP contribution in [0.2, 0.25) is 0 Å². The fourth-order valence-electron chi connectivity index (χ4n) is 4.60. The Bertz CT molecular complexity index is 599. The zero-order valence-corrected chi connectivity index (χ0v) is 14.9. The van der Waals surface area contributed by atoms with Gasteiger partial charge in [0.25, 0.3) is 0 Å². The number of ether oxygens (including phenoxy) is 1. The smallest absolute Gasteiger partial charge is 0.315 e. The average Bonchev–Trinajstić information content (AvgIpc) is 3.34. The predicted molar refractivity (Wildman–Crippen MR) is 91.1 cm³/mol. The SMILES string of the molecule is CC(NC(=O)NC1CCCC2OCCC12)c1nc(C2CCCC2)no1. The van der Waals surface area contributed by atoms with Crippen molar-refractivity contribution in [1.82, 2.24) is 20.8 Å². The summed E-state index contributed by atoms with van der Waals surface area (Å²) < 4.78 is 11.1. The summed E-state index contributed by atoms with van der Waals surface area (Å²) in [7, 11) is 0. The van der Waals surface area contributed by atoms with E-state index in [0.717, 1.165) is 51.0 Å². The van der Waals surface area contributed by atoms with Crippen LogP contribution in [0.25, 0.3) is 0 Å². The van der Waals surface area contributed by atoms with E-state index in [4.69, 9.17) is 9.26 Å². The van der Waals surface area contributed by atoms with Gasteiger partial charge in [0, 0.05) is 24.5 Å². The summed E-state index contributed by atoms with van der Waals surface area (Å²) >= 11 is 0. The molecule has 0 radical (unpaired) electrons. The van der Waals surface area contributed by atoms with Crippen molar-refractivity contribution in [3.05, 3.63) is 11.7 Å². The highest BCUT2D eigenvalue weighted by Crippen LogP contribution is 2.34. The molecule has 2 saturated carbocycles. The van der Waals surface area contributed by atoms with Gasteiger partial charge in [-0.3, -0.25) is 0 Å². The molecule has 2 amide bonds. The van der Waals surface area contributed by atoms with Crippen molar-refractivity contribution in [2.24, 2.45) is 5.92 Å². The van der Waals surface area contributed by atoms with Crippen LogP contribution in [-0.4, -0.2) is 34.9 Å². The molecule has 4 unspecified atom stereocenters. The number of hydrogen-bond donors (Lipinski definition) is 2. The van der Waals surface area contributed by atoms with Crippen LogP contribution < -0.4 is 10.6 Å². The van der Waals surface area contributed by atoms with Gasteiger partial charge >= 0.3 is 6.03 Å². The van der Waals surface area contributed by atoms with Crippen molar-refractivity contribution < 1.29 is 14.1 Å². The Morgan fingerprint density at radius 1 is 1.16 bits per heavy atom. The van der Waals surface area contributed by atoms with Gasteiger partial charge in [0.2, 0.25) is 5.89 Å². The Morgan fingerprint density at radius 2 is 2.00 bits per heavy atom. The molecule has 2 N–H and O–H groups in total. The van der Waals surface area contributed by atoms with E-state index < -0.39 is 0 Å². The zero-order chi connectivity index (χ0) is 17.2. The number of hydrogen-bond acceptors (Lipinski definition) is 5. The third kappa shape index (κ3) is 3.66. The lowest BCUT2D eigenvalue weighted by molar-refractivity contribution is 0.0548. The fraction of sp³-hybridized carbons (Fsp3) is 0.833. The molecule has 4 rings (SSSR count). The Balaban J connectivity index is 1.31. The number of rotatable bonds is 4. The van der Waals surface area contributed by atoms with Gasteiger partial charge in [-0.15, -0.1) is 0 Å². The van der Waals surface area contributed by atoms with Gasteiger partial charge < -0.3 is 19.9 Å². The summed E-state index contributed by atoms with van der Waals surface area (Å²) in [6.45, 7) is 2.70. The summed E-state index contributed by atoms with van der Waals surface area (Å²) in [6, 6.07) is -0.252. The first-order chi connectivity index (χ1) is 12.2. The summed E-state index contributed by atoms with van der Waals surface area (Å²) in [5.41, 5.74) is 0. The molecule has 1 aliphatic heterocycles. The minimum Gasteiger partial charge on any atom is -0.378 e. The Labute approximate surface area is 148 Å². The quantitative estimate of drug-likeness (QED) is 0.873. The van der Waals surface area contributed by atoms with Gasteiger partial charge in [0.15, 0.2) is 5.82 Å². The molecule has 0 aromatic carbocycles. The lowest BCUT2D eigenvalue weighted by atomic mass is 9.82. The van der Waals surface area contributed by atoms with Gasteiger partial charge in [-0.2, -0.15) is 4.98 Å². The molecule has 138 valence electrons. The molecule has 0 spiro atoms. The molecular weight excluding hydrogens is 320 g/mol. The van der Waals surface area contributed by atoms with Crippen molar-refractivity contribution in [2.75, 3.05) is 6.61 Å². The van der Waals surface area contributed by atoms with E-state index in [-0.39, 0.29) is 18.1 Å². The number of nitrogens with zero attached hydrogens (tertiary/aromatic N) is 2. The topological polar surface area (TPSA) is 89.3 Å². The molecule has 1 aromatic rings. The maximum Gasteiger partial charge on any atom is 0.315 e. The van der Waals surface area contributed by atoms with E-state index >= 15 is 0 Å². The third-order valence-electron chi connectivity index (χ3n) is 5.99. The summed E-state index contributed by atoms with van der Waals surface area (Å²) in [4.78, 5) is 16.9. The van der Waals surface area contributed by atoms with Crippen LogP contribution in [0, 0.1) is 5.92 Å². The molecule has 3 aliphatic rings. The summed E-state index contributed by atoms with van der Waals surface area (Å²) in [5, 5.41) is 10.2. The van der Waals surface area contributed by atoms with E-state index in [9.17, 15) is 4.79 Å². The molecule has 7 nitrogen and oxygen atoms in total. The highest BCUT2D eigenvalue weighted by atomic mass is 16.5. The van der Waals surface area contributed by atoms with Gasteiger partial charge in [0.05, 0.1) is 6.10 Å². The number of fused-ring (bicyclic) bond motifs is 1. The summed E-state index contributed by atoms with van der Waals surface area (Å²) in [6.07, 6.45) is 9.35. The molecule has 25 heavy (non-hydrogen) atoms. The van der Waals surface area contributed by atoms with Crippen LogP contribution in [-0.2, 0) is 4.74 Å². The number of aromatic nitrogens is 2. The average molecular weight is 348 g/mol. The minimum absolute atomic E-state index is 0.161. The maximum atomic E-state index is 12.4. The predicted octanol–water partition coefficient (Wildman–Crippen LogP) is 3.05. The largest absolute Gasteiger partial charge is 0.378 e. The lowest BCUT2D eigenvalue weighted by Gasteiger charge is -2.33. The molecular formula is C18H28N4O3. The van der Waals surface area contributed by atoms with E-state index in [0.29, 0.717) is 23.8 Å². The van der Waals surface area contributed by atoms with Gasteiger partial charge in [-0.25, -0.2) is 4.79 Å². The number of carbonyl (C=O) groups is 1. The van der Waals surface area contributed by atoms with Gasteiger partial charge in [-0.1, -0.05) is 18.0 Å². The van der Waals surface area contributed by atoms with Crippen LogP contribution in [0.3, 0.4) is 0 Å². The van der Waals surface area contributed by atoms with Crippen molar-refractivity contribution >= 4 is 6.03 Å². The van der Waals surface area contributed by atoms with E-state index in [2.05, 4.69) is 20.8 Å². The second-order valence-corrected chi connectivity index (χ2v) is 7.71. The van der Waals surface area contributed by atoms with E-state index in [1.165, 1.54) is 12.8 Å². The van der Waals surface area contributed by atoms with Crippen molar-refractivity contribution in [3.63, 3.8) is 0 Å². The van der Waals surface area contributed by atoms with Crippen molar-refractivity contribution in [2.45, 2.75) is 82.4 Å². The number of urea groups is 1. The second kappa shape index (κ2) is 7.32. The molecule has 4 atom stereocenters. The highest BCUT2D eigenvalue weighted by molar-refractivity contribution is 5.74. The van der Waals surface area contributed by atoms with Gasteiger partial charge in [0.1, 0.15) is 6.04 Å². The van der Waals surface area contributed by atoms with Crippen molar-refractivity contribution in [1.29, 1.82) is 0 Å². The molecule has 1 saturated heterocycles. The number of carbonyl (C=O) groups excluding carboxylic acids is 1. The third-order valence-corrected chi connectivity index (χ3v) is 5.99. The molecule has 0 bridgehead atoms. The summed E-state index contributed by atoms with van der Waals surface area (Å²) in [5.74, 6) is 2.15. The molecule has 2 heterocycles. The molecule has 7 heteroatoms. The van der Waals surface area contributed by atoms with Crippen LogP contribution in [0.1, 0.15) is 82.0 Å². The Kier molecular flexibility index (Phi) is 4.92.